The van der Waals surface area contributed by atoms with Crippen LogP contribution in [0.1, 0.15) is 28.3 Å². The minimum absolute atomic E-state index is 0.0464. The first kappa shape index (κ1) is 24.1. The number of methoxy groups -OCH3 is 2. The number of halogens is 1. The number of ketones is 1. The molecule has 4 aromatic rings. The van der Waals surface area contributed by atoms with Gasteiger partial charge in [-0.2, -0.15) is 0 Å². The number of carbonyl (C=O) groups is 2. The summed E-state index contributed by atoms with van der Waals surface area (Å²) in [6.07, 6.45) is 0. The highest BCUT2D eigenvalue weighted by Crippen LogP contribution is 2.43. The molecule has 0 radical (unpaired) electrons. The third-order valence-electron chi connectivity index (χ3n) is 6.61. The van der Waals surface area contributed by atoms with Crippen molar-refractivity contribution in [3.8, 4) is 11.5 Å². The Balaban J connectivity index is 1.75. The topological polar surface area (TPSA) is 105 Å². The van der Waals surface area contributed by atoms with Crippen molar-refractivity contribution in [1.29, 1.82) is 0 Å². The van der Waals surface area contributed by atoms with Gasteiger partial charge in [-0.1, -0.05) is 12.1 Å². The summed E-state index contributed by atoms with van der Waals surface area (Å²) < 4.78 is 24.7. The van der Waals surface area contributed by atoms with E-state index in [2.05, 4.69) is 9.97 Å². The van der Waals surface area contributed by atoms with Crippen molar-refractivity contribution in [2.45, 2.75) is 19.9 Å². The lowest BCUT2D eigenvalue weighted by Crippen LogP contribution is -2.30. The number of anilines is 1. The van der Waals surface area contributed by atoms with Gasteiger partial charge in [-0.25, -0.2) is 9.37 Å². The Morgan fingerprint density at radius 1 is 1.00 bits per heavy atom. The molecule has 2 N–H and O–H groups in total. The van der Waals surface area contributed by atoms with Crippen LogP contribution >= 0.6 is 0 Å². The second kappa shape index (κ2) is 9.09. The number of aromatic nitrogens is 2. The van der Waals surface area contributed by atoms with E-state index in [4.69, 9.17) is 9.47 Å². The van der Waals surface area contributed by atoms with Gasteiger partial charge in [0.25, 0.3) is 5.78 Å². The quantitative estimate of drug-likeness (QED) is 0.228. The van der Waals surface area contributed by atoms with Crippen LogP contribution in [0.3, 0.4) is 0 Å². The molecule has 0 aliphatic carbocycles. The fourth-order valence-corrected chi connectivity index (χ4v) is 4.53. The molecule has 0 spiro atoms. The van der Waals surface area contributed by atoms with Gasteiger partial charge in [-0.05, 0) is 73.0 Å². The third-order valence-corrected chi connectivity index (χ3v) is 6.61. The molecular weight excluding hydrogens is 477 g/mol. The second-order valence-corrected chi connectivity index (χ2v) is 8.80. The molecule has 1 atom stereocenters. The van der Waals surface area contributed by atoms with Crippen LogP contribution in [0.2, 0.25) is 0 Å². The van der Waals surface area contributed by atoms with Crippen molar-refractivity contribution in [3.05, 3.63) is 88.2 Å². The van der Waals surface area contributed by atoms with Crippen LogP contribution in [0.15, 0.2) is 60.2 Å². The van der Waals surface area contributed by atoms with Crippen LogP contribution in [-0.4, -0.2) is 41.0 Å². The summed E-state index contributed by atoms with van der Waals surface area (Å²) in [6.45, 7) is 3.92. The maximum atomic E-state index is 14.2. The molecule has 1 amide bonds. The van der Waals surface area contributed by atoms with Gasteiger partial charge in [-0.15, -0.1) is 0 Å². The highest BCUT2D eigenvalue weighted by molar-refractivity contribution is 6.51. The fraction of sp³-hybridized carbons (Fsp3) is 0.179. The smallest absolute Gasteiger partial charge is 0.302 e. The number of nitrogens with one attached hydrogen (secondary N) is 1. The van der Waals surface area contributed by atoms with Crippen LogP contribution < -0.4 is 14.4 Å². The number of amides is 1. The van der Waals surface area contributed by atoms with E-state index >= 15 is 0 Å². The van der Waals surface area contributed by atoms with Crippen LogP contribution in [0.5, 0.6) is 11.5 Å². The zero-order valence-corrected chi connectivity index (χ0v) is 20.6. The van der Waals surface area contributed by atoms with E-state index in [1.54, 1.807) is 24.3 Å². The number of aromatic amines is 1. The van der Waals surface area contributed by atoms with Gasteiger partial charge in [0.1, 0.15) is 23.1 Å². The number of hydrogen-bond acceptors (Lipinski definition) is 6. The molecule has 0 saturated carbocycles. The van der Waals surface area contributed by atoms with Crippen LogP contribution in [0.25, 0.3) is 16.8 Å². The van der Waals surface area contributed by atoms with E-state index in [1.807, 2.05) is 26.0 Å². The molecule has 1 aliphatic heterocycles. The summed E-state index contributed by atoms with van der Waals surface area (Å²) in [4.78, 5) is 35.8. The van der Waals surface area contributed by atoms with Crippen molar-refractivity contribution in [2.24, 2.45) is 0 Å². The minimum atomic E-state index is -1.05. The molecule has 3 aromatic carbocycles. The average molecular weight is 502 g/mol. The van der Waals surface area contributed by atoms with Crippen molar-refractivity contribution >= 4 is 34.4 Å². The zero-order chi connectivity index (χ0) is 26.4. The first-order valence-electron chi connectivity index (χ1n) is 11.5. The fourth-order valence-electron chi connectivity index (χ4n) is 4.53. The Bertz CT molecular complexity index is 1550. The number of H-pyrrole nitrogens is 1. The number of imidazole rings is 1. The summed E-state index contributed by atoms with van der Waals surface area (Å²) in [6, 6.07) is 13.1. The molecule has 0 bridgehead atoms. The molecule has 9 heteroatoms. The van der Waals surface area contributed by atoms with E-state index in [-0.39, 0.29) is 22.8 Å². The average Bonchev–Trinajstić information content (AvgIpc) is 3.41. The van der Waals surface area contributed by atoms with Gasteiger partial charge >= 0.3 is 5.91 Å². The molecule has 5 rings (SSSR count). The molecule has 1 aromatic heterocycles. The normalized spacial score (nSPS) is 17.0. The van der Waals surface area contributed by atoms with E-state index in [1.165, 1.54) is 31.3 Å². The van der Waals surface area contributed by atoms with E-state index in [9.17, 15) is 19.1 Å². The van der Waals surface area contributed by atoms with Crippen LogP contribution in [-0.2, 0) is 9.59 Å². The molecular formula is C28H24FN3O5. The number of nitrogens with zero attached hydrogens (tertiary/aromatic N) is 2. The lowest BCUT2D eigenvalue weighted by atomic mass is 9.95. The molecule has 1 aliphatic rings. The van der Waals surface area contributed by atoms with Crippen molar-refractivity contribution < 1.29 is 28.6 Å². The second-order valence-electron chi connectivity index (χ2n) is 8.80. The Morgan fingerprint density at radius 3 is 2.38 bits per heavy atom. The lowest BCUT2D eigenvalue weighted by Gasteiger charge is -2.23. The monoisotopic (exact) mass is 501 g/mol. The van der Waals surface area contributed by atoms with E-state index in [0.717, 1.165) is 17.2 Å². The number of Topliss-reactive ketones (excluding diaryl/α,β-unsaturated/α-hetero) is 1. The zero-order valence-electron chi connectivity index (χ0n) is 20.6. The lowest BCUT2D eigenvalue weighted by molar-refractivity contribution is -0.132. The van der Waals surface area contributed by atoms with Gasteiger partial charge in [0.15, 0.2) is 0 Å². The highest BCUT2D eigenvalue weighted by Gasteiger charge is 2.48. The van der Waals surface area contributed by atoms with Crippen LogP contribution in [0, 0.1) is 19.7 Å². The summed E-state index contributed by atoms with van der Waals surface area (Å²) in [5.74, 6) is -2.15. The largest absolute Gasteiger partial charge is 0.507 e. The Hall–Kier alpha value is -4.66. The summed E-state index contributed by atoms with van der Waals surface area (Å²) in [7, 11) is 2.89. The number of fused-ring (bicyclic) bond motifs is 1. The maximum absolute atomic E-state index is 14.2. The number of aliphatic hydroxyl groups is 1. The molecule has 1 fully saturated rings. The molecule has 8 nitrogen and oxygen atoms in total. The summed E-state index contributed by atoms with van der Waals surface area (Å²) in [5, 5.41) is 11.3. The maximum Gasteiger partial charge on any atom is 0.302 e. The van der Waals surface area contributed by atoms with Gasteiger partial charge < -0.3 is 19.6 Å². The Morgan fingerprint density at radius 2 is 1.70 bits per heavy atom. The molecule has 2 heterocycles. The van der Waals surface area contributed by atoms with Gasteiger partial charge in [0.2, 0.25) is 5.95 Å². The number of hydrogen-bond donors (Lipinski definition) is 2. The number of aryl methyl sites for hydroxylation is 2. The number of benzene rings is 3. The van der Waals surface area contributed by atoms with Gasteiger partial charge in [0, 0.05) is 0 Å². The first-order valence-corrected chi connectivity index (χ1v) is 11.5. The number of carbonyl (C=O) groups excluding carboxylic acids is 2. The molecule has 1 unspecified atom stereocenters. The number of rotatable bonds is 5. The first-order chi connectivity index (χ1) is 17.7. The standard InChI is InChI=1S/C28H24FN3O5/c1-14-11-20-21(12-15(14)2)31-28(30-20)32-24(16-5-8-18(36-3)9-6-16)23(26(34)27(32)35)25(33)19-13-17(29)7-10-22(19)37-4/h5-13,24,33H,1-4H3,(H,30,31)/b25-23+. The summed E-state index contributed by atoms with van der Waals surface area (Å²) in [5.41, 5.74) is 3.64. The van der Waals surface area contributed by atoms with E-state index in [0.29, 0.717) is 22.3 Å². The SMILES string of the molecule is COc1ccc(C2/C(=C(\O)c3cc(F)ccc3OC)C(=O)C(=O)N2c2nc3cc(C)c(C)cc3[nH]2)cc1. The Labute approximate surface area is 212 Å². The summed E-state index contributed by atoms with van der Waals surface area (Å²) >= 11 is 0. The molecule has 1 saturated heterocycles. The van der Waals surface area contributed by atoms with Crippen molar-refractivity contribution in [2.75, 3.05) is 19.1 Å². The molecule has 37 heavy (non-hydrogen) atoms. The molecule has 188 valence electrons. The van der Waals surface area contributed by atoms with E-state index < -0.39 is 29.3 Å². The third kappa shape index (κ3) is 3.98. The van der Waals surface area contributed by atoms with Crippen LogP contribution in [0.4, 0.5) is 10.3 Å². The van der Waals surface area contributed by atoms with Crippen molar-refractivity contribution in [1.82, 2.24) is 9.97 Å². The highest BCUT2D eigenvalue weighted by atomic mass is 19.1. The van der Waals surface area contributed by atoms with Crippen molar-refractivity contribution in [3.63, 3.8) is 0 Å². The Kier molecular flexibility index (Phi) is 5.91. The van der Waals surface area contributed by atoms with Gasteiger partial charge in [-0.3, -0.25) is 14.5 Å². The minimum Gasteiger partial charge on any atom is -0.507 e. The number of ether oxygens (including phenoxy) is 2. The number of aliphatic hydroxyl groups excluding tert-OH is 1. The predicted molar refractivity (Wildman–Crippen MR) is 136 cm³/mol. The van der Waals surface area contributed by atoms with Gasteiger partial charge in [0.05, 0.1) is 42.4 Å². The predicted octanol–water partition coefficient (Wildman–Crippen LogP) is 4.96.